The van der Waals surface area contributed by atoms with Crippen LogP contribution >= 0.6 is 0 Å². The number of para-hydroxylation sites is 1. The number of benzene rings is 3. The molecule has 3 amide bonds. The van der Waals surface area contributed by atoms with Crippen LogP contribution in [-0.4, -0.2) is 47.5 Å². The molecule has 0 fully saturated rings. The van der Waals surface area contributed by atoms with Gasteiger partial charge in [0, 0.05) is 30.3 Å². The maximum atomic E-state index is 13.3. The van der Waals surface area contributed by atoms with Gasteiger partial charge in [0.1, 0.15) is 5.54 Å². The molecular weight excluding hydrogens is 470 g/mol. The number of hydrogen-bond acceptors (Lipinski definition) is 5. The number of urea groups is 1. The fourth-order valence-electron chi connectivity index (χ4n) is 4.81. The second-order valence-corrected chi connectivity index (χ2v) is 9.38. The number of amides is 3. The summed E-state index contributed by atoms with van der Waals surface area (Å²) in [5, 5.41) is 14.9. The van der Waals surface area contributed by atoms with Gasteiger partial charge >= 0.3 is 12.0 Å². The molecular formula is C28H27N5O4. The maximum absolute atomic E-state index is 13.3. The number of benzodiazepines with no additional fused rings is 1. The average Bonchev–Trinajstić information content (AvgIpc) is 2.99. The Morgan fingerprint density at radius 2 is 1.78 bits per heavy atom. The third-order valence-electron chi connectivity index (χ3n) is 6.89. The van der Waals surface area contributed by atoms with Crippen LogP contribution in [0.4, 0.5) is 16.2 Å². The van der Waals surface area contributed by atoms with Crippen LogP contribution in [0.2, 0.25) is 0 Å². The summed E-state index contributed by atoms with van der Waals surface area (Å²) in [4.78, 5) is 44.1. The predicted molar refractivity (Wildman–Crippen MR) is 141 cm³/mol. The molecule has 9 heteroatoms. The summed E-state index contributed by atoms with van der Waals surface area (Å²) in [6.45, 7) is 0. The van der Waals surface area contributed by atoms with Crippen molar-refractivity contribution in [2.75, 3.05) is 17.3 Å². The molecule has 1 aliphatic heterocycles. The molecule has 0 saturated carbocycles. The Hall–Kier alpha value is -4.50. The van der Waals surface area contributed by atoms with Gasteiger partial charge in [-0.05, 0) is 42.2 Å². The molecule has 1 heterocycles. The highest BCUT2D eigenvalue weighted by Gasteiger charge is 2.37. The van der Waals surface area contributed by atoms with Gasteiger partial charge in [-0.15, -0.1) is 0 Å². The molecule has 0 saturated heterocycles. The van der Waals surface area contributed by atoms with E-state index >= 15 is 0 Å². The SMILES string of the molecule is CN1C(=O)C(NC(=O)Nc2ccc3c(c2)CC(N)(C(=O)O)CC3)N=C(c2ccccc2)c2ccccc21. The third-order valence-corrected chi connectivity index (χ3v) is 6.89. The van der Waals surface area contributed by atoms with Crippen molar-refractivity contribution < 1.29 is 19.5 Å². The van der Waals surface area contributed by atoms with Crippen molar-refractivity contribution >= 4 is 35.0 Å². The number of aliphatic imine (C=N–C) groups is 1. The van der Waals surface area contributed by atoms with Gasteiger partial charge in [-0.2, -0.15) is 0 Å². The lowest BCUT2D eigenvalue weighted by molar-refractivity contribution is -0.143. The minimum Gasteiger partial charge on any atom is -0.480 e. The first-order valence-electron chi connectivity index (χ1n) is 12.0. The molecule has 5 rings (SSSR count). The monoisotopic (exact) mass is 497 g/mol. The summed E-state index contributed by atoms with van der Waals surface area (Å²) in [6, 6.07) is 21.7. The molecule has 5 N–H and O–H groups in total. The normalized spacial score (nSPS) is 20.7. The highest BCUT2D eigenvalue weighted by molar-refractivity contribution is 6.20. The summed E-state index contributed by atoms with van der Waals surface area (Å²) in [6.07, 6.45) is -0.0901. The number of likely N-dealkylation sites (N-methyl/N-ethyl adjacent to an activating group) is 1. The standard InChI is InChI=1S/C28H27N5O4/c1-33-22-10-6-5-9-21(22)23(18-7-3-2-4-8-18)31-24(25(33)34)32-27(37)30-20-12-11-17-13-14-28(29,26(35)36)16-19(17)15-20/h2-12,15,24H,13-14,16,29H2,1H3,(H,35,36)(H2,30,32,37). The van der Waals surface area contributed by atoms with E-state index in [1.807, 2.05) is 60.7 Å². The van der Waals surface area contributed by atoms with E-state index in [1.54, 1.807) is 19.2 Å². The Kier molecular flexibility index (Phi) is 6.22. The number of carboxylic acid groups (broad SMARTS) is 1. The van der Waals surface area contributed by atoms with E-state index in [4.69, 9.17) is 5.73 Å². The Balaban J connectivity index is 1.40. The molecule has 0 bridgehead atoms. The number of nitrogens with zero attached hydrogens (tertiary/aromatic N) is 2. The number of carbonyl (C=O) groups excluding carboxylic acids is 2. The molecule has 37 heavy (non-hydrogen) atoms. The Bertz CT molecular complexity index is 1420. The number of nitrogens with one attached hydrogen (secondary N) is 2. The van der Waals surface area contributed by atoms with E-state index in [0.29, 0.717) is 29.9 Å². The fraction of sp³-hybridized carbons (Fsp3) is 0.214. The molecule has 0 radical (unpaired) electrons. The second kappa shape index (κ2) is 9.51. The highest BCUT2D eigenvalue weighted by atomic mass is 16.4. The number of rotatable bonds is 4. The topological polar surface area (TPSA) is 137 Å². The van der Waals surface area contributed by atoms with Gasteiger partial charge in [0.25, 0.3) is 5.91 Å². The highest BCUT2D eigenvalue weighted by Crippen LogP contribution is 2.30. The van der Waals surface area contributed by atoms with Crippen molar-refractivity contribution in [1.82, 2.24) is 5.32 Å². The Morgan fingerprint density at radius 1 is 1.05 bits per heavy atom. The van der Waals surface area contributed by atoms with Gasteiger partial charge < -0.3 is 26.4 Å². The van der Waals surface area contributed by atoms with E-state index in [0.717, 1.165) is 22.3 Å². The van der Waals surface area contributed by atoms with Crippen molar-refractivity contribution in [3.05, 3.63) is 95.1 Å². The molecule has 0 spiro atoms. The van der Waals surface area contributed by atoms with Crippen molar-refractivity contribution in [3.63, 3.8) is 0 Å². The number of anilines is 2. The summed E-state index contributed by atoms with van der Waals surface area (Å²) < 4.78 is 0. The van der Waals surface area contributed by atoms with Crippen LogP contribution in [0.25, 0.3) is 0 Å². The third kappa shape index (κ3) is 4.68. The predicted octanol–water partition coefficient (Wildman–Crippen LogP) is 2.92. The van der Waals surface area contributed by atoms with Crippen LogP contribution in [0.5, 0.6) is 0 Å². The van der Waals surface area contributed by atoms with Crippen LogP contribution < -0.4 is 21.3 Å². The summed E-state index contributed by atoms with van der Waals surface area (Å²) in [5.74, 6) is -1.42. The van der Waals surface area contributed by atoms with E-state index in [2.05, 4.69) is 15.6 Å². The minimum atomic E-state index is -1.33. The molecule has 9 nitrogen and oxygen atoms in total. The van der Waals surface area contributed by atoms with Crippen molar-refractivity contribution in [2.24, 2.45) is 10.7 Å². The molecule has 1 aliphatic carbocycles. The average molecular weight is 498 g/mol. The lowest BCUT2D eigenvalue weighted by Gasteiger charge is -2.31. The fourth-order valence-corrected chi connectivity index (χ4v) is 4.81. The van der Waals surface area contributed by atoms with Crippen molar-refractivity contribution in [2.45, 2.75) is 31.0 Å². The number of aryl methyl sites for hydroxylation is 1. The maximum Gasteiger partial charge on any atom is 0.324 e. The first-order valence-corrected chi connectivity index (χ1v) is 12.0. The Morgan fingerprint density at radius 3 is 2.54 bits per heavy atom. The van der Waals surface area contributed by atoms with Crippen LogP contribution in [-0.2, 0) is 22.4 Å². The minimum absolute atomic E-state index is 0.170. The van der Waals surface area contributed by atoms with Gasteiger partial charge in [-0.1, -0.05) is 54.6 Å². The van der Waals surface area contributed by atoms with E-state index in [9.17, 15) is 19.5 Å². The molecule has 2 aliphatic rings. The smallest absolute Gasteiger partial charge is 0.324 e. The summed E-state index contributed by atoms with van der Waals surface area (Å²) in [7, 11) is 1.65. The van der Waals surface area contributed by atoms with Gasteiger partial charge in [-0.25, -0.2) is 9.79 Å². The van der Waals surface area contributed by atoms with Gasteiger partial charge in [0.05, 0.1) is 11.4 Å². The molecule has 3 aromatic rings. The summed E-state index contributed by atoms with van der Waals surface area (Å²) >= 11 is 0. The van der Waals surface area contributed by atoms with Crippen LogP contribution in [0.1, 0.15) is 28.7 Å². The largest absolute Gasteiger partial charge is 0.480 e. The van der Waals surface area contributed by atoms with Gasteiger partial charge in [0.2, 0.25) is 6.17 Å². The zero-order valence-corrected chi connectivity index (χ0v) is 20.3. The zero-order chi connectivity index (χ0) is 26.2. The number of fused-ring (bicyclic) bond motifs is 2. The first-order chi connectivity index (χ1) is 17.7. The zero-order valence-electron chi connectivity index (χ0n) is 20.3. The van der Waals surface area contributed by atoms with E-state index in [1.165, 1.54) is 4.90 Å². The van der Waals surface area contributed by atoms with Crippen LogP contribution in [0, 0.1) is 0 Å². The molecule has 2 unspecified atom stereocenters. The summed E-state index contributed by atoms with van der Waals surface area (Å²) in [5.41, 5.74) is 9.89. The number of nitrogens with two attached hydrogens (primary N) is 1. The lowest BCUT2D eigenvalue weighted by Crippen LogP contribution is -2.52. The number of carbonyl (C=O) groups is 3. The van der Waals surface area contributed by atoms with Gasteiger partial charge in [-0.3, -0.25) is 9.59 Å². The van der Waals surface area contributed by atoms with Crippen molar-refractivity contribution in [1.29, 1.82) is 0 Å². The molecule has 3 aromatic carbocycles. The second-order valence-electron chi connectivity index (χ2n) is 9.38. The quantitative estimate of drug-likeness (QED) is 0.439. The van der Waals surface area contributed by atoms with Crippen LogP contribution in [0.3, 0.4) is 0 Å². The molecule has 0 aromatic heterocycles. The molecule has 2 atom stereocenters. The number of carboxylic acids is 1. The molecule has 188 valence electrons. The number of hydrogen-bond donors (Lipinski definition) is 4. The first kappa shape index (κ1) is 24.2. The van der Waals surface area contributed by atoms with Crippen molar-refractivity contribution in [3.8, 4) is 0 Å². The van der Waals surface area contributed by atoms with E-state index < -0.39 is 23.7 Å². The van der Waals surface area contributed by atoms with Gasteiger partial charge in [0.15, 0.2) is 0 Å². The number of aliphatic carboxylic acids is 1. The van der Waals surface area contributed by atoms with E-state index in [-0.39, 0.29) is 12.3 Å². The Labute approximate surface area is 214 Å². The van der Waals surface area contributed by atoms with Crippen LogP contribution in [0.15, 0.2) is 77.8 Å². The lowest BCUT2D eigenvalue weighted by atomic mass is 9.78.